The average Bonchev–Trinajstić information content (AvgIpc) is 2.18. The van der Waals surface area contributed by atoms with Gasteiger partial charge in [0.25, 0.3) is 0 Å². The van der Waals surface area contributed by atoms with Crippen LogP contribution in [0.2, 0.25) is 10.0 Å². The van der Waals surface area contributed by atoms with E-state index in [2.05, 4.69) is 0 Å². The highest BCUT2D eigenvalue weighted by Gasteiger charge is 2.03. The lowest BCUT2D eigenvalue weighted by Gasteiger charge is -2.02. The lowest BCUT2D eigenvalue weighted by atomic mass is 10.2. The number of hydrogen-bond donors (Lipinski definition) is 0. The van der Waals surface area contributed by atoms with Crippen molar-refractivity contribution < 1.29 is 4.21 Å². The van der Waals surface area contributed by atoms with Gasteiger partial charge in [0.2, 0.25) is 0 Å². The highest BCUT2D eigenvalue weighted by molar-refractivity contribution is 8.16. The molecule has 1 aromatic carbocycles. The van der Waals surface area contributed by atoms with Gasteiger partial charge in [-0.25, -0.2) is 0 Å². The molecule has 1 atom stereocenters. The van der Waals surface area contributed by atoms with Gasteiger partial charge in [0, 0.05) is 16.3 Å². The van der Waals surface area contributed by atoms with Crippen molar-refractivity contribution in [2.45, 2.75) is 0 Å². The van der Waals surface area contributed by atoms with Gasteiger partial charge >= 0.3 is 0 Å². The van der Waals surface area contributed by atoms with Crippen molar-refractivity contribution in [3.05, 3.63) is 38.0 Å². The molecule has 0 fully saturated rings. The van der Waals surface area contributed by atoms with Gasteiger partial charge in [-0.05, 0) is 36.1 Å². The van der Waals surface area contributed by atoms with Gasteiger partial charge in [-0.15, -0.1) is 11.8 Å². The number of thioether (sulfide) groups is 1. The molecule has 82 valence electrons. The van der Waals surface area contributed by atoms with E-state index in [1.54, 1.807) is 30.5 Å². The molecule has 0 radical (unpaired) electrons. The fourth-order valence-corrected chi connectivity index (χ4v) is 2.84. The Morgan fingerprint density at radius 3 is 2.67 bits per heavy atom. The van der Waals surface area contributed by atoms with E-state index in [1.165, 1.54) is 11.8 Å². The van der Waals surface area contributed by atoms with Crippen molar-refractivity contribution in [1.29, 1.82) is 0 Å². The maximum Gasteiger partial charge on any atom is 0.0716 e. The first-order valence-corrected chi connectivity index (χ1v) is 7.62. The first-order valence-electron chi connectivity index (χ1n) is 4.08. The Morgan fingerprint density at radius 2 is 2.13 bits per heavy atom. The van der Waals surface area contributed by atoms with Gasteiger partial charge in [-0.2, -0.15) is 0 Å². The van der Waals surface area contributed by atoms with E-state index in [1.807, 2.05) is 6.26 Å². The molecule has 1 aromatic rings. The van der Waals surface area contributed by atoms with Crippen LogP contribution in [0.4, 0.5) is 0 Å². The summed E-state index contributed by atoms with van der Waals surface area (Å²) in [4.78, 5) is 0. The maximum absolute atomic E-state index is 11.3. The third kappa shape index (κ3) is 3.83. The number of hydrogen-bond acceptors (Lipinski definition) is 2. The Balaban J connectivity index is 3.16. The predicted octanol–water partition coefficient (Wildman–Crippen LogP) is 4.03. The summed E-state index contributed by atoms with van der Waals surface area (Å²) >= 11 is 13.3. The van der Waals surface area contributed by atoms with E-state index in [0.717, 1.165) is 9.80 Å². The maximum atomic E-state index is 11.3. The molecule has 0 aliphatic rings. The molecule has 0 bridgehead atoms. The summed E-state index contributed by atoms with van der Waals surface area (Å²) in [5, 5.41) is 1.23. The summed E-state index contributed by atoms with van der Waals surface area (Å²) in [6.07, 6.45) is 5.32. The largest absolute Gasteiger partial charge is 0.254 e. The van der Waals surface area contributed by atoms with Gasteiger partial charge in [0.05, 0.1) is 15.0 Å². The lowest BCUT2D eigenvalue weighted by Crippen LogP contribution is -1.87. The van der Waals surface area contributed by atoms with E-state index in [9.17, 15) is 4.21 Å². The molecular weight excluding hydrogens is 271 g/mol. The molecule has 0 saturated carbocycles. The molecule has 0 amide bonds. The standard InChI is InChI=1S/C10H10Cl2OS2/c1-14-10(15(2)13)6-7-5-8(11)3-4-9(7)12/h3-6H,1-2H3. The Bertz CT molecular complexity index is 416. The van der Waals surface area contributed by atoms with Gasteiger partial charge in [0.1, 0.15) is 0 Å². The van der Waals surface area contributed by atoms with E-state index in [4.69, 9.17) is 23.2 Å². The van der Waals surface area contributed by atoms with Crippen LogP contribution in [-0.4, -0.2) is 16.7 Å². The molecule has 1 nitrogen and oxygen atoms in total. The predicted molar refractivity (Wildman–Crippen MR) is 72.0 cm³/mol. The van der Waals surface area contributed by atoms with Crippen molar-refractivity contribution in [2.24, 2.45) is 0 Å². The average molecular weight is 281 g/mol. The summed E-state index contributed by atoms with van der Waals surface area (Å²) in [6, 6.07) is 5.21. The zero-order valence-electron chi connectivity index (χ0n) is 8.29. The molecule has 0 heterocycles. The summed E-state index contributed by atoms with van der Waals surface area (Å²) in [5.41, 5.74) is 0.795. The van der Waals surface area contributed by atoms with Crippen molar-refractivity contribution in [3.63, 3.8) is 0 Å². The van der Waals surface area contributed by atoms with Crippen LogP contribution in [0.15, 0.2) is 22.4 Å². The minimum absolute atomic E-state index is 0.608. The molecule has 0 saturated heterocycles. The zero-order valence-corrected chi connectivity index (χ0v) is 11.4. The quantitative estimate of drug-likeness (QED) is 0.832. The lowest BCUT2D eigenvalue weighted by molar-refractivity contribution is 0.691. The van der Waals surface area contributed by atoms with Crippen LogP contribution in [0.1, 0.15) is 5.56 Å². The number of halogens is 2. The third-order valence-corrected chi connectivity index (χ3v) is 4.70. The van der Waals surface area contributed by atoms with E-state index < -0.39 is 10.8 Å². The molecule has 0 aliphatic carbocycles. The van der Waals surface area contributed by atoms with Crippen LogP contribution < -0.4 is 0 Å². The zero-order chi connectivity index (χ0) is 11.4. The summed E-state index contributed by atoms with van der Waals surface area (Å²) in [7, 11) is -0.996. The third-order valence-electron chi connectivity index (χ3n) is 1.72. The second-order valence-electron chi connectivity index (χ2n) is 2.79. The van der Waals surface area contributed by atoms with Crippen LogP contribution in [0.3, 0.4) is 0 Å². The van der Waals surface area contributed by atoms with Crippen molar-refractivity contribution in [3.8, 4) is 0 Å². The number of rotatable bonds is 3. The van der Waals surface area contributed by atoms with Crippen molar-refractivity contribution in [1.82, 2.24) is 0 Å². The van der Waals surface area contributed by atoms with E-state index >= 15 is 0 Å². The molecule has 1 rings (SSSR count). The molecular formula is C10H10Cl2OS2. The smallest absolute Gasteiger partial charge is 0.0716 e. The minimum Gasteiger partial charge on any atom is -0.254 e. The summed E-state index contributed by atoms with van der Waals surface area (Å²) in [5.74, 6) is 0. The van der Waals surface area contributed by atoms with Crippen LogP contribution >= 0.6 is 35.0 Å². The van der Waals surface area contributed by atoms with Crippen LogP contribution in [0.25, 0.3) is 6.08 Å². The minimum atomic E-state index is -0.996. The number of benzene rings is 1. The summed E-state index contributed by atoms with van der Waals surface area (Å²) in [6.45, 7) is 0. The highest BCUT2D eigenvalue weighted by atomic mass is 35.5. The fourth-order valence-electron chi connectivity index (χ4n) is 1.01. The Hall–Kier alpha value is 0.0400. The van der Waals surface area contributed by atoms with Gasteiger partial charge in [-0.1, -0.05) is 23.2 Å². The van der Waals surface area contributed by atoms with Gasteiger partial charge < -0.3 is 0 Å². The molecule has 15 heavy (non-hydrogen) atoms. The van der Waals surface area contributed by atoms with Crippen LogP contribution in [-0.2, 0) is 10.8 Å². The molecule has 0 spiro atoms. The summed E-state index contributed by atoms with van der Waals surface area (Å²) < 4.78 is 12.1. The SMILES string of the molecule is CSC(=Cc1cc(Cl)ccc1Cl)S(C)=O. The molecule has 0 aromatic heterocycles. The monoisotopic (exact) mass is 280 g/mol. The molecule has 1 unspecified atom stereocenters. The first kappa shape index (κ1) is 13.1. The second kappa shape index (κ2) is 5.94. The van der Waals surface area contributed by atoms with Crippen LogP contribution in [0.5, 0.6) is 0 Å². The van der Waals surface area contributed by atoms with Crippen molar-refractivity contribution >= 4 is 51.8 Å². The first-order chi connectivity index (χ1) is 7.04. The highest BCUT2D eigenvalue weighted by Crippen LogP contribution is 2.26. The Labute approximate surface area is 106 Å². The normalized spacial score (nSPS) is 14.0. The molecule has 5 heteroatoms. The van der Waals surface area contributed by atoms with Gasteiger partial charge in [-0.3, -0.25) is 4.21 Å². The van der Waals surface area contributed by atoms with Crippen molar-refractivity contribution in [2.75, 3.05) is 12.5 Å². The van der Waals surface area contributed by atoms with E-state index in [-0.39, 0.29) is 0 Å². The van der Waals surface area contributed by atoms with Gasteiger partial charge in [0.15, 0.2) is 0 Å². The van der Waals surface area contributed by atoms with E-state index in [0.29, 0.717) is 10.0 Å². The topological polar surface area (TPSA) is 17.1 Å². The second-order valence-corrected chi connectivity index (χ2v) is 6.09. The Morgan fingerprint density at radius 1 is 1.47 bits per heavy atom. The Kier molecular flexibility index (Phi) is 5.19. The fraction of sp³-hybridized carbons (Fsp3) is 0.200. The molecule has 0 aliphatic heterocycles. The van der Waals surface area contributed by atoms with Crippen LogP contribution in [0, 0.1) is 0 Å². The molecule has 0 N–H and O–H groups in total.